The molecule has 0 fully saturated rings. The Morgan fingerprint density at radius 2 is 1.30 bits per heavy atom. The van der Waals surface area contributed by atoms with E-state index in [4.69, 9.17) is 9.97 Å². The fourth-order valence-corrected chi connectivity index (χ4v) is 8.22. The third-order valence-electron chi connectivity index (χ3n) is 9.17. The lowest BCUT2D eigenvalue weighted by Gasteiger charge is -2.19. The number of nitrogens with zero attached hydrogens (tertiary/aromatic N) is 3. The first-order chi connectivity index (χ1) is 19.8. The summed E-state index contributed by atoms with van der Waals surface area (Å²) in [7, 11) is 0. The molecule has 3 heterocycles. The molecule has 0 N–H and O–H groups in total. The quantitative estimate of drug-likeness (QED) is 0.224. The number of aromatic nitrogens is 3. The van der Waals surface area contributed by atoms with Gasteiger partial charge in [-0.3, -0.25) is 4.57 Å². The van der Waals surface area contributed by atoms with E-state index in [1.807, 2.05) is 11.3 Å². The highest BCUT2D eigenvalue weighted by Gasteiger charge is 2.24. The highest BCUT2D eigenvalue weighted by molar-refractivity contribution is 7.26. The molecule has 10 rings (SSSR count). The molecule has 4 heteroatoms. The zero-order valence-electron chi connectivity index (χ0n) is 21.7. The topological polar surface area (TPSA) is 30.7 Å². The van der Waals surface area contributed by atoms with Gasteiger partial charge in [0.1, 0.15) is 0 Å². The standard InChI is InChI=1S/C36H23N3S/c1-2-6-20(7-3-1)34-26-8-4-5-9-29(26)37-36(38-34)39-30-15-14-25-27-16-21-11-13-24(21)19-32(27)40-35(25)33(30)28-17-22-10-12-23(22)18-31(28)39/h1-9,14-19H,10-13H2. The fraction of sp³-hybridized carbons (Fsp3) is 0.111. The van der Waals surface area contributed by atoms with Crippen molar-refractivity contribution in [3.05, 3.63) is 113 Å². The maximum atomic E-state index is 5.29. The van der Waals surface area contributed by atoms with Crippen molar-refractivity contribution in [3.8, 4) is 17.2 Å². The third-order valence-corrected chi connectivity index (χ3v) is 10.4. The molecule has 0 saturated carbocycles. The highest BCUT2D eigenvalue weighted by atomic mass is 32.1. The zero-order chi connectivity index (χ0) is 25.9. The molecule has 3 nitrogen and oxygen atoms in total. The molecule has 0 spiro atoms. The molecule has 3 aromatic heterocycles. The molecule has 0 bridgehead atoms. The molecule has 188 valence electrons. The largest absolute Gasteiger partial charge is 0.278 e. The van der Waals surface area contributed by atoms with Gasteiger partial charge in [0.2, 0.25) is 5.95 Å². The lowest BCUT2D eigenvalue weighted by atomic mass is 9.87. The lowest BCUT2D eigenvalue weighted by Crippen LogP contribution is -2.08. The van der Waals surface area contributed by atoms with E-state index in [1.54, 1.807) is 0 Å². The SMILES string of the molecule is c1ccc(-c2nc(-n3c4cc5c(cc4c4c6sc7cc8c(cc7c6ccc43)CC8)CC5)nc3ccccc23)cc1. The van der Waals surface area contributed by atoms with E-state index < -0.39 is 0 Å². The van der Waals surface area contributed by atoms with E-state index in [2.05, 4.69) is 95.6 Å². The van der Waals surface area contributed by atoms with Gasteiger partial charge in [0.05, 0.1) is 22.2 Å². The van der Waals surface area contributed by atoms with Crippen LogP contribution in [-0.4, -0.2) is 14.5 Å². The van der Waals surface area contributed by atoms with Crippen LogP contribution in [0.25, 0.3) is 70.1 Å². The maximum Gasteiger partial charge on any atom is 0.235 e. The molecule has 5 aromatic carbocycles. The molecule has 0 unspecified atom stereocenters. The van der Waals surface area contributed by atoms with Crippen LogP contribution in [0.2, 0.25) is 0 Å². The number of aryl methyl sites for hydroxylation is 4. The van der Waals surface area contributed by atoms with Gasteiger partial charge in [0, 0.05) is 41.9 Å². The Hall–Kier alpha value is -4.54. The Kier molecular flexibility index (Phi) is 4.02. The molecule has 0 atom stereocenters. The van der Waals surface area contributed by atoms with Gasteiger partial charge >= 0.3 is 0 Å². The molecular weight excluding hydrogens is 506 g/mol. The summed E-state index contributed by atoms with van der Waals surface area (Å²) in [6.07, 6.45) is 4.73. The fourth-order valence-electron chi connectivity index (χ4n) is 6.91. The van der Waals surface area contributed by atoms with Crippen molar-refractivity contribution in [1.29, 1.82) is 0 Å². The van der Waals surface area contributed by atoms with Crippen LogP contribution in [0.1, 0.15) is 22.3 Å². The van der Waals surface area contributed by atoms with Crippen molar-refractivity contribution in [3.63, 3.8) is 0 Å². The number of rotatable bonds is 2. The van der Waals surface area contributed by atoms with E-state index in [-0.39, 0.29) is 0 Å². The summed E-state index contributed by atoms with van der Waals surface area (Å²) in [4.78, 5) is 10.5. The van der Waals surface area contributed by atoms with E-state index >= 15 is 0 Å². The molecule has 40 heavy (non-hydrogen) atoms. The molecule has 0 aliphatic heterocycles. The molecular formula is C36H23N3S. The third kappa shape index (κ3) is 2.74. The predicted molar refractivity (Wildman–Crippen MR) is 167 cm³/mol. The van der Waals surface area contributed by atoms with Crippen molar-refractivity contribution < 1.29 is 0 Å². The molecule has 8 aromatic rings. The normalized spacial score (nSPS) is 14.1. The Morgan fingerprint density at radius 1 is 0.575 bits per heavy atom. The first-order valence-electron chi connectivity index (χ1n) is 14.1. The number of benzene rings is 5. The van der Waals surface area contributed by atoms with Crippen LogP contribution in [-0.2, 0) is 25.7 Å². The van der Waals surface area contributed by atoms with E-state index in [1.165, 1.54) is 77.1 Å². The minimum absolute atomic E-state index is 0.736. The minimum Gasteiger partial charge on any atom is -0.278 e. The summed E-state index contributed by atoms with van der Waals surface area (Å²) in [5.41, 5.74) is 11.4. The van der Waals surface area contributed by atoms with Crippen LogP contribution in [0, 0.1) is 0 Å². The monoisotopic (exact) mass is 529 g/mol. The zero-order valence-corrected chi connectivity index (χ0v) is 22.6. The number of thiophene rings is 1. The summed E-state index contributed by atoms with van der Waals surface area (Å²) >= 11 is 1.95. The second kappa shape index (κ2) is 7.56. The van der Waals surface area contributed by atoms with Gasteiger partial charge < -0.3 is 0 Å². The van der Waals surface area contributed by atoms with Gasteiger partial charge in [-0.05, 0) is 84.3 Å². The van der Waals surface area contributed by atoms with Crippen molar-refractivity contribution in [2.75, 3.05) is 0 Å². The average Bonchev–Trinajstić information content (AvgIpc) is 3.49. The minimum atomic E-state index is 0.736. The van der Waals surface area contributed by atoms with Crippen LogP contribution in [0.3, 0.4) is 0 Å². The molecule has 0 radical (unpaired) electrons. The van der Waals surface area contributed by atoms with Crippen LogP contribution in [0.5, 0.6) is 0 Å². The van der Waals surface area contributed by atoms with Crippen molar-refractivity contribution in [2.24, 2.45) is 0 Å². The summed E-state index contributed by atoms with van der Waals surface area (Å²) in [6.45, 7) is 0. The summed E-state index contributed by atoms with van der Waals surface area (Å²) in [6, 6.07) is 33.3. The molecule has 2 aliphatic rings. The van der Waals surface area contributed by atoms with Gasteiger partial charge in [-0.2, -0.15) is 0 Å². The maximum absolute atomic E-state index is 5.29. The van der Waals surface area contributed by atoms with Crippen LogP contribution < -0.4 is 0 Å². The van der Waals surface area contributed by atoms with Gasteiger partial charge in [0.25, 0.3) is 0 Å². The van der Waals surface area contributed by atoms with Crippen LogP contribution >= 0.6 is 11.3 Å². The van der Waals surface area contributed by atoms with E-state index in [0.717, 1.165) is 41.0 Å². The molecule has 0 amide bonds. The highest BCUT2D eigenvalue weighted by Crippen LogP contribution is 2.46. The summed E-state index contributed by atoms with van der Waals surface area (Å²) in [5.74, 6) is 0.736. The van der Waals surface area contributed by atoms with Crippen molar-refractivity contribution in [2.45, 2.75) is 25.7 Å². The van der Waals surface area contributed by atoms with Crippen LogP contribution in [0.4, 0.5) is 0 Å². The summed E-state index contributed by atoms with van der Waals surface area (Å²) < 4.78 is 5.10. The van der Waals surface area contributed by atoms with Gasteiger partial charge in [-0.15, -0.1) is 11.3 Å². The Balaban J connectivity index is 1.35. The van der Waals surface area contributed by atoms with Crippen molar-refractivity contribution >= 4 is 64.2 Å². The van der Waals surface area contributed by atoms with Crippen molar-refractivity contribution in [1.82, 2.24) is 14.5 Å². The Labute approximate surface area is 234 Å². The predicted octanol–water partition coefficient (Wildman–Crippen LogP) is 8.96. The van der Waals surface area contributed by atoms with Gasteiger partial charge in [-0.1, -0.05) is 54.6 Å². The number of para-hydroxylation sites is 1. The molecule has 0 saturated heterocycles. The van der Waals surface area contributed by atoms with Crippen LogP contribution in [0.15, 0.2) is 91.0 Å². The Morgan fingerprint density at radius 3 is 2.12 bits per heavy atom. The first-order valence-corrected chi connectivity index (χ1v) is 14.9. The second-order valence-electron chi connectivity index (χ2n) is 11.3. The molecule has 2 aliphatic carbocycles. The summed E-state index contributed by atoms with van der Waals surface area (Å²) in [5, 5.41) is 6.50. The van der Waals surface area contributed by atoms with Gasteiger partial charge in [0.15, 0.2) is 0 Å². The first kappa shape index (κ1) is 21.3. The number of fused-ring (bicyclic) bond motifs is 10. The van der Waals surface area contributed by atoms with E-state index in [0.29, 0.717) is 0 Å². The average molecular weight is 530 g/mol. The second-order valence-corrected chi connectivity index (χ2v) is 12.3. The lowest BCUT2D eigenvalue weighted by molar-refractivity contribution is 0.842. The Bertz CT molecular complexity index is 2380. The smallest absolute Gasteiger partial charge is 0.235 e. The number of hydrogen-bond acceptors (Lipinski definition) is 3. The van der Waals surface area contributed by atoms with Gasteiger partial charge in [-0.25, -0.2) is 9.97 Å². The van der Waals surface area contributed by atoms with E-state index in [9.17, 15) is 0 Å². The number of hydrogen-bond donors (Lipinski definition) is 0.